The molecule has 0 amide bonds. The quantitative estimate of drug-likeness (QED) is 0.860. The molecule has 0 saturated heterocycles. The van der Waals surface area contributed by atoms with E-state index in [0.717, 1.165) is 13.1 Å². The van der Waals surface area contributed by atoms with Gasteiger partial charge in [0.25, 0.3) is 0 Å². The fourth-order valence-corrected chi connectivity index (χ4v) is 2.25. The van der Waals surface area contributed by atoms with Crippen LogP contribution < -0.4 is 5.32 Å². The SMILES string of the molecule is CCNC(Cn1ccnc1)c1ccc(C(C)C)cc1. The monoisotopic (exact) mass is 257 g/mol. The molecule has 0 saturated carbocycles. The number of nitrogens with zero attached hydrogens (tertiary/aromatic N) is 2. The highest BCUT2D eigenvalue weighted by atomic mass is 15.1. The molecule has 102 valence electrons. The van der Waals surface area contributed by atoms with Crippen molar-refractivity contribution in [1.82, 2.24) is 14.9 Å². The van der Waals surface area contributed by atoms with Crippen LogP contribution >= 0.6 is 0 Å². The first-order valence-corrected chi connectivity index (χ1v) is 6.99. The van der Waals surface area contributed by atoms with Gasteiger partial charge in [0.1, 0.15) is 0 Å². The van der Waals surface area contributed by atoms with Gasteiger partial charge in [0.05, 0.1) is 12.4 Å². The maximum Gasteiger partial charge on any atom is 0.0946 e. The number of benzene rings is 1. The third-order valence-corrected chi connectivity index (χ3v) is 3.41. The van der Waals surface area contributed by atoms with Crippen molar-refractivity contribution in [2.24, 2.45) is 0 Å². The minimum atomic E-state index is 0.334. The molecule has 1 heterocycles. The minimum absolute atomic E-state index is 0.334. The van der Waals surface area contributed by atoms with E-state index in [4.69, 9.17) is 0 Å². The molecular formula is C16H23N3. The Balaban J connectivity index is 2.13. The number of hydrogen-bond acceptors (Lipinski definition) is 2. The first-order chi connectivity index (χ1) is 9.20. The number of likely N-dealkylation sites (N-methyl/N-ethyl adjacent to an activating group) is 1. The number of rotatable bonds is 6. The zero-order valence-corrected chi connectivity index (χ0v) is 12.0. The third kappa shape index (κ3) is 3.67. The van der Waals surface area contributed by atoms with Gasteiger partial charge in [0.2, 0.25) is 0 Å². The van der Waals surface area contributed by atoms with Crippen LogP contribution in [0.1, 0.15) is 43.9 Å². The van der Waals surface area contributed by atoms with Crippen LogP contribution in [0.25, 0.3) is 0 Å². The van der Waals surface area contributed by atoms with Gasteiger partial charge in [-0.2, -0.15) is 0 Å². The van der Waals surface area contributed by atoms with Gasteiger partial charge in [-0.3, -0.25) is 0 Å². The molecule has 0 fully saturated rings. The topological polar surface area (TPSA) is 29.9 Å². The van der Waals surface area contributed by atoms with Gasteiger partial charge in [-0.15, -0.1) is 0 Å². The van der Waals surface area contributed by atoms with Crippen molar-refractivity contribution in [1.29, 1.82) is 0 Å². The second-order valence-corrected chi connectivity index (χ2v) is 5.19. The summed E-state index contributed by atoms with van der Waals surface area (Å²) in [7, 11) is 0. The molecule has 0 spiro atoms. The van der Waals surface area contributed by atoms with Crippen LogP contribution in [0, 0.1) is 0 Å². The molecule has 3 nitrogen and oxygen atoms in total. The van der Waals surface area contributed by atoms with Crippen molar-refractivity contribution in [2.45, 2.75) is 39.3 Å². The second-order valence-electron chi connectivity index (χ2n) is 5.19. The molecule has 0 bridgehead atoms. The lowest BCUT2D eigenvalue weighted by Gasteiger charge is -2.19. The Labute approximate surface area is 115 Å². The molecule has 0 aliphatic carbocycles. The van der Waals surface area contributed by atoms with Crippen LogP contribution in [0.15, 0.2) is 43.0 Å². The van der Waals surface area contributed by atoms with Gasteiger partial charge >= 0.3 is 0 Å². The largest absolute Gasteiger partial charge is 0.336 e. The van der Waals surface area contributed by atoms with Gasteiger partial charge in [-0.25, -0.2) is 4.98 Å². The van der Waals surface area contributed by atoms with Crippen LogP contribution in [0.5, 0.6) is 0 Å². The first kappa shape index (κ1) is 13.8. The van der Waals surface area contributed by atoms with E-state index in [2.05, 4.69) is 59.9 Å². The Hall–Kier alpha value is -1.61. The molecule has 0 aliphatic rings. The Kier molecular flexibility index (Phi) is 4.74. The molecule has 0 aliphatic heterocycles. The van der Waals surface area contributed by atoms with Crippen molar-refractivity contribution >= 4 is 0 Å². The van der Waals surface area contributed by atoms with Crippen LogP contribution in [0.4, 0.5) is 0 Å². The van der Waals surface area contributed by atoms with E-state index >= 15 is 0 Å². The smallest absolute Gasteiger partial charge is 0.0946 e. The molecule has 1 aromatic carbocycles. The lowest BCUT2D eigenvalue weighted by atomic mass is 9.99. The van der Waals surface area contributed by atoms with E-state index in [0.29, 0.717) is 12.0 Å². The summed E-state index contributed by atoms with van der Waals surface area (Å²) in [5.41, 5.74) is 2.72. The second kappa shape index (κ2) is 6.53. The molecule has 1 N–H and O–H groups in total. The molecule has 2 aromatic rings. The van der Waals surface area contributed by atoms with E-state index in [9.17, 15) is 0 Å². The fraction of sp³-hybridized carbons (Fsp3) is 0.438. The summed E-state index contributed by atoms with van der Waals surface area (Å²) in [5, 5.41) is 3.54. The van der Waals surface area contributed by atoms with Gasteiger partial charge in [-0.05, 0) is 23.6 Å². The zero-order chi connectivity index (χ0) is 13.7. The van der Waals surface area contributed by atoms with Crippen LogP contribution in [-0.2, 0) is 6.54 Å². The van der Waals surface area contributed by atoms with Crippen molar-refractivity contribution in [3.63, 3.8) is 0 Å². The standard InChI is InChI=1S/C16H23N3/c1-4-18-16(11-19-10-9-17-12-19)15-7-5-14(6-8-15)13(2)3/h5-10,12-13,16,18H,4,11H2,1-3H3. The first-order valence-electron chi connectivity index (χ1n) is 6.99. The lowest BCUT2D eigenvalue weighted by molar-refractivity contribution is 0.474. The number of aromatic nitrogens is 2. The van der Waals surface area contributed by atoms with Crippen molar-refractivity contribution in [3.05, 3.63) is 54.1 Å². The molecular weight excluding hydrogens is 234 g/mol. The summed E-state index contributed by atoms with van der Waals surface area (Å²) in [4.78, 5) is 4.10. The summed E-state index contributed by atoms with van der Waals surface area (Å²) in [5.74, 6) is 0.584. The van der Waals surface area contributed by atoms with Gasteiger partial charge in [0.15, 0.2) is 0 Å². The zero-order valence-electron chi connectivity index (χ0n) is 12.0. The predicted octanol–water partition coefficient (Wildman–Crippen LogP) is 3.36. The highest BCUT2D eigenvalue weighted by molar-refractivity contribution is 5.26. The third-order valence-electron chi connectivity index (χ3n) is 3.41. The summed E-state index contributed by atoms with van der Waals surface area (Å²) in [6.07, 6.45) is 5.70. The summed E-state index contributed by atoms with van der Waals surface area (Å²) >= 11 is 0. The number of nitrogens with one attached hydrogen (secondary N) is 1. The van der Waals surface area contributed by atoms with E-state index in [1.165, 1.54) is 11.1 Å². The van der Waals surface area contributed by atoms with Crippen LogP contribution in [0.3, 0.4) is 0 Å². The molecule has 19 heavy (non-hydrogen) atoms. The summed E-state index contributed by atoms with van der Waals surface area (Å²) < 4.78 is 2.11. The van der Waals surface area contributed by atoms with E-state index in [1.807, 2.05) is 18.7 Å². The van der Waals surface area contributed by atoms with Crippen molar-refractivity contribution in [2.75, 3.05) is 6.54 Å². The maximum atomic E-state index is 4.10. The van der Waals surface area contributed by atoms with Crippen molar-refractivity contribution in [3.8, 4) is 0 Å². The van der Waals surface area contributed by atoms with Gasteiger partial charge < -0.3 is 9.88 Å². The normalized spacial score (nSPS) is 12.8. The maximum absolute atomic E-state index is 4.10. The van der Waals surface area contributed by atoms with Gasteiger partial charge in [-0.1, -0.05) is 45.0 Å². The molecule has 3 heteroatoms. The van der Waals surface area contributed by atoms with E-state index in [1.54, 1.807) is 0 Å². The highest BCUT2D eigenvalue weighted by Crippen LogP contribution is 2.20. The minimum Gasteiger partial charge on any atom is -0.336 e. The predicted molar refractivity (Wildman–Crippen MR) is 79.2 cm³/mol. The Morgan fingerprint density at radius 2 is 1.84 bits per heavy atom. The molecule has 1 unspecified atom stereocenters. The number of imidazole rings is 1. The Morgan fingerprint density at radius 3 is 2.37 bits per heavy atom. The fourth-order valence-electron chi connectivity index (χ4n) is 2.25. The summed E-state index contributed by atoms with van der Waals surface area (Å²) in [6, 6.07) is 9.27. The Bertz CT molecular complexity index is 471. The molecule has 2 rings (SSSR count). The van der Waals surface area contributed by atoms with E-state index in [-0.39, 0.29) is 0 Å². The average Bonchev–Trinajstić information content (AvgIpc) is 2.91. The molecule has 1 aromatic heterocycles. The summed E-state index contributed by atoms with van der Waals surface area (Å²) in [6.45, 7) is 8.47. The number of hydrogen-bond donors (Lipinski definition) is 1. The van der Waals surface area contributed by atoms with Crippen molar-refractivity contribution < 1.29 is 0 Å². The molecule has 0 radical (unpaired) electrons. The van der Waals surface area contributed by atoms with Crippen LogP contribution in [-0.4, -0.2) is 16.1 Å². The van der Waals surface area contributed by atoms with Gasteiger partial charge in [0, 0.05) is 18.9 Å². The van der Waals surface area contributed by atoms with E-state index < -0.39 is 0 Å². The van der Waals surface area contributed by atoms with Crippen LogP contribution in [0.2, 0.25) is 0 Å². The lowest BCUT2D eigenvalue weighted by Crippen LogP contribution is -2.25. The Morgan fingerprint density at radius 1 is 1.16 bits per heavy atom. The molecule has 1 atom stereocenters. The highest BCUT2D eigenvalue weighted by Gasteiger charge is 2.11. The average molecular weight is 257 g/mol.